The van der Waals surface area contributed by atoms with Gasteiger partial charge < -0.3 is 10.2 Å². The summed E-state index contributed by atoms with van der Waals surface area (Å²) in [6, 6.07) is 10.2. The number of nitrogens with zero attached hydrogens (tertiary/aromatic N) is 4. The molecule has 1 fully saturated rings. The molecule has 0 unspecified atom stereocenters. The third kappa shape index (κ3) is 5.25. The second-order valence-electron chi connectivity index (χ2n) is 8.10. The average Bonchev–Trinajstić information content (AvgIpc) is 3.17. The molecule has 3 aromatic rings. The van der Waals surface area contributed by atoms with Crippen LogP contribution in [0.5, 0.6) is 0 Å². The number of aromatic nitrogens is 3. The maximum Gasteiger partial charge on any atom is 0.390 e. The minimum atomic E-state index is -4.10. The van der Waals surface area contributed by atoms with Gasteiger partial charge in [0.2, 0.25) is 0 Å². The Labute approximate surface area is 179 Å². The van der Waals surface area contributed by atoms with Gasteiger partial charge in [-0.05, 0) is 49.5 Å². The zero-order valence-corrected chi connectivity index (χ0v) is 17.5. The van der Waals surface area contributed by atoms with Crippen molar-refractivity contribution < 1.29 is 13.2 Å². The zero-order valence-electron chi connectivity index (χ0n) is 17.5. The molecular formula is C23H26F3N5. The van der Waals surface area contributed by atoms with Crippen molar-refractivity contribution in [3.63, 3.8) is 0 Å². The van der Waals surface area contributed by atoms with Crippen molar-refractivity contribution in [3.05, 3.63) is 55.0 Å². The Morgan fingerprint density at radius 2 is 1.94 bits per heavy atom. The van der Waals surface area contributed by atoms with Crippen molar-refractivity contribution in [2.24, 2.45) is 13.0 Å². The van der Waals surface area contributed by atoms with E-state index in [0.29, 0.717) is 13.1 Å². The maximum atomic E-state index is 12.4. The highest BCUT2D eigenvalue weighted by molar-refractivity contribution is 5.88. The van der Waals surface area contributed by atoms with Gasteiger partial charge in [0.1, 0.15) is 5.82 Å². The highest BCUT2D eigenvalue weighted by atomic mass is 19.4. The van der Waals surface area contributed by atoms with Gasteiger partial charge in [-0.3, -0.25) is 4.68 Å². The SMILES string of the molecule is C=C(Nc1cc2cc(-c3ccnn3C)ccc2cn1)C1CCN(CCC(F)(F)F)CC1. The fourth-order valence-corrected chi connectivity index (χ4v) is 4.08. The van der Waals surface area contributed by atoms with Crippen LogP contribution in [-0.2, 0) is 7.05 Å². The molecule has 164 valence electrons. The lowest BCUT2D eigenvalue weighted by Gasteiger charge is -2.33. The van der Waals surface area contributed by atoms with Gasteiger partial charge in [0.25, 0.3) is 0 Å². The van der Waals surface area contributed by atoms with Crippen molar-refractivity contribution in [1.82, 2.24) is 19.7 Å². The first kappa shape index (κ1) is 21.4. The van der Waals surface area contributed by atoms with E-state index in [0.717, 1.165) is 46.4 Å². The topological polar surface area (TPSA) is 46.0 Å². The van der Waals surface area contributed by atoms with Gasteiger partial charge in [0, 0.05) is 48.6 Å². The summed E-state index contributed by atoms with van der Waals surface area (Å²) >= 11 is 0. The molecule has 0 aliphatic carbocycles. The number of alkyl halides is 3. The molecule has 0 radical (unpaired) electrons. The Morgan fingerprint density at radius 3 is 2.61 bits per heavy atom. The molecule has 1 aliphatic heterocycles. The summed E-state index contributed by atoms with van der Waals surface area (Å²) in [7, 11) is 1.91. The van der Waals surface area contributed by atoms with Crippen molar-refractivity contribution in [2.45, 2.75) is 25.4 Å². The third-order valence-corrected chi connectivity index (χ3v) is 5.92. The first-order valence-corrected chi connectivity index (χ1v) is 10.4. The number of allylic oxidation sites excluding steroid dienone is 1. The van der Waals surface area contributed by atoms with Gasteiger partial charge in [-0.25, -0.2) is 4.98 Å². The number of hydrogen-bond acceptors (Lipinski definition) is 4. The highest BCUT2D eigenvalue weighted by Crippen LogP contribution is 2.28. The number of halogens is 3. The lowest BCUT2D eigenvalue weighted by Crippen LogP contribution is -2.37. The van der Waals surface area contributed by atoms with Crippen molar-refractivity contribution in [1.29, 1.82) is 0 Å². The van der Waals surface area contributed by atoms with Crippen LogP contribution in [0.25, 0.3) is 22.0 Å². The lowest BCUT2D eigenvalue weighted by molar-refractivity contribution is -0.138. The molecule has 3 heterocycles. The smallest absolute Gasteiger partial charge is 0.344 e. The van der Waals surface area contributed by atoms with E-state index >= 15 is 0 Å². The Hall–Kier alpha value is -2.87. The zero-order chi connectivity index (χ0) is 22.0. The Kier molecular flexibility index (Phi) is 6.00. The second-order valence-corrected chi connectivity index (χ2v) is 8.10. The van der Waals surface area contributed by atoms with Crippen LogP contribution in [0.2, 0.25) is 0 Å². The first-order valence-electron chi connectivity index (χ1n) is 10.4. The molecule has 1 aromatic carbocycles. The molecule has 0 atom stereocenters. The summed E-state index contributed by atoms with van der Waals surface area (Å²) in [5.74, 6) is 0.944. The molecule has 5 nitrogen and oxygen atoms in total. The Morgan fingerprint density at radius 1 is 1.16 bits per heavy atom. The molecule has 0 amide bonds. The largest absolute Gasteiger partial charge is 0.390 e. The van der Waals surface area contributed by atoms with Crippen LogP contribution in [0, 0.1) is 5.92 Å². The van der Waals surface area contributed by atoms with Crippen LogP contribution in [0.3, 0.4) is 0 Å². The number of aryl methyl sites for hydroxylation is 1. The van der Waals surface area contributed by atoms with E-state index in [1.165, 1.54) is 0 Å². The van der Waals surface area contributed by atoms with Crippen molar-refractivity contribution >= 4 is 16.6 Å². The third-order valence-electron chi connectivity index (χ3n) is 5.92. The molecule has 0 saturated carbocycles. The predicted molar refractivity (Wildman–Crippen MR) is 117 cm³/mol. The van der Waals surface area contributed by atoms with Gasteiger partial charge in [0.05, 0.1) is 12.1 Å². The molecule has 4 rings (SSSR count). The van der Waals surface area contributed by atoms with E-state index in [1.54, 1.807) is 6.20 Å². The quantitative estimate of drug-likeness (QED) is 0.583. The van der Waals surface area contributed by atoms with E-state index in [4.69, 9.17) is 0 Å². The Bertz CT molecular complexity index is 1060. The monoisotopic (exact) mass is 429 g/mol. The summed E-state index contributed by atoms with van der Waals surface area (Å²) < 4.78 is 39.1. The molecule has 0 bridgehead atoms. The van der Waals surface area contributed by atoms with E-state index in [2.05, 4.69) is 34.1 Å². The fourth-order valence-electron chi connectivity index (χ4n) is 4.08. The molecule has 8 heteroatoms. The Balaban J connectivity index is 1.39. The van der Waals surface area contributed by atoms with Crippen molar-refractivity contribution in [3.8, 4) is 11.3 Å². The van der Waals surface area contributed by atoms with Gasteiger partial charge in [-0.2, -0.15) is 18.3 Å². The number of likely N-dealkylation sites (tertiary alicyclic amines) is 1. The summed E-state index contributed by atoms with van der Waals surface area (Å²) in [5.41, 5.74) is 2.98. The molecule has 31 heavy (non-hydrogen) atoms. The summed E-state index contributed by atoms with van der Waals surface area (Å²) in [6.45, 7) is 5.55. The fraction of sp³-hybridized carbons (Fsp3) is 0.391. The summed E-state index contributed by atoms with van der Waals surface area (Å²) in [4.78, 5) is 6.38. The lowest BCUT2D eigenvalue weighted by atomic mass is 9.94. The molecular weight excluding hydrogens is 403 g/mol. The number of nitrogens with one attached hydrogen (secondary N) is 1. The van der Waals surface area contributed by atoms with Crippen LogP contribution >= 0.6 is 0 Å². The van der Waals surface area contributed by atoms with Crippen LogP contribution in [0.15, 0.2) is 55.0 Å². The highest BCUT2D eigenvalue weighted by Gasteiger charge is 2.29. The minimum Gasteiger partial charge on any atom is -0.344 e. The van der Waals surface area contributed by atoms with E-state index in [9.17, 15) is 13.2 Å². The number of piperidine rings is 1. The van der Waals surface area contributed by atoms with Gasteiger partial charge in [-0.1, -0.05) is 18.7 Å². The van der Waals surface area contributed by atoms with Gasteiger partial charge >= 0.3 is 6.18 Å². The van der Waals surface area contributed by atoms with Crippen molar-refractivity contribution in [2.75, 3.05) is 25.0 Å². The molecule has 1 saturated heterocycles. The number of pyridine rings is 1. The predicted octanol–water partition coefficient (Wildman–Crippen LogP) is 5.23. The normalized spacial score (nSPS) is 16.0. The average molecular weight is 429 g/mol. The minimum absolute atomic E-state index is 0.0708. The number of fused-ring (bicyclic) bond motifs is 1. The number of rotatable bonds is 6. The first-order chi connectivity index (χ1) is 14.8. The van der Waals surface area contributed by atoms with Crippen LogP contribution < -0.4 is 5.32 Å². The molecule has 1 N–H and O–H groups in total. The van der Waals surface area contributed by atoms with Crippen LogP contribution in [0.4, 0.5) is 19.0 Å². The summed E-state index contributed by atoms with van der Waals surface area (Å²) in [6.07, 6.45) is 0.345. The van der Waals surface area contributed by atoms with E-state index < -0.39 is 12.6 Å². The van der Waals surface area contributed by atoms with Crippen LogP contribution in [0.1, 0.15) is 19.3 Å². The molecule has 0 spiro atoms. The van der Waals surface area contributed by atoms with Gasteiger partial charge in [-0.15, -0.1) is 0 Å². The standard InChI is InChI=1S/C23H26F3N5/c1-16(17-6-10-31(11-7-17)12-8-23(24,25)26)29-22-14-20-13-18(3-4-19(20)15-27-22)21-5-9-28-30(21)2/h3-5,9,13-15,17H,1,6-8,10-12H2,2H3,(H,27,29). The van der Waals surface area contributed by atoms with Gasteiger partial charge in [0.15, 0.2) is 0 Å². The second kappa shape index (κ2) is 8.70. The molecule has 1 aliphatic rings. The number of benzene rings is 1. The number of anilines is 1. The van der Waals surface area contributed by atoms with Crippen LogP contribution in [-0.4, -0.2) is 45.5 Å². The van der Waals surface area contributed by atoms with E-state index in [-0.39, 0.29) is 12.5 Å². The summed E-state index contributed by atoms with van der Waals surface area (Å²) in [5, 5.41) is 9.65. The maximum absolute atomic E-state index is 12.4. The van der Waals surface area contributed by atoms with E-state index in [1.807, 2.05) is 41.0 Å². The molecule has 2 aromatic heterocycles. The number of hydrogen-bond donors (Lipinski definition) is 1.